The number of hydrogen-bond acceptors (Lipinski definition) is 5. The highest BCUT2D eigenvalue weighted by atomic mass is 14.8. The zero-order valence-corrected chi connectivity index (χ0v) is 30.1. The highest BCUT2D eigenvalue weighted by Gasteiger charge is 2.12. The van der Waals surface area contributed by atoms with Gasteiger partial charge in [-0.3, -0.25) is 4.98 Å². The fourth-order valence-electron chi connectivity index (χ4n) is 7.79. The molecule has 5 heteroatoms. The molecule has 0 aliphatic rings. The van der Waals surface area contributed by atoms with Crippen LogP contribution in [0.2, 0.25) is 0 Å². The van der Waals surface area contributed by atoms with E-state index in [4.69, 9.17) is 19.9 Å². The van der Waals surface area contributed by atoms with Gasteiger partial charge in [-0.1, -0.05) is 127 Å². The van der Waals surface area contributed by atoms with Gasteiger partial charge < -0.3 is 0 Å². The van der Waals surface area contributed by atoms with Crippen molar-refractivity contribution in [3.8, 4) is 56.2 Å². The van der Waals surface area contributed by atoms with E-state index >= 15 is 0 Å². The summed E-state index contributed by atoms with van der Waals surface area (Å²) in [5.41, 5.74) is 13.8. The van der Waals surface area contributed by atoms with E-state index in [-0.39, 0.29) is 0 Å². The second-order valence-corrected chi connectivity index (χ2v) is 14.2. The van der Waals surface area contributed by atoms with Gasteiger partial charge in [0.2, 0.25) is 0 Å². The largest absolute Gasteiger partial charge is 0.264 e. The Bertz CT molecular complexity index is 3310. The van der Waals surface area contributed by atoms with Crippen molar-refractivity contribution in [1.82, 2.24) is 24.9 Å². The normalized spacial score (nSPS) is 11.6. The summed E-state index contributed by atoms with van der Waals surface area (Å²) in [7, 11) is 0. The summed E-state index contributed by atoms with van der Waals surface area (Å²) in [5.74, 6) is 0. The molecule has 260 valence electrons. The molecule has 0 bridgehead atoms. The SMILES string of the molecule is c1ccc(-c2ccc3ccc4ccc(-c5cccc(-c6ccc7ccc(-c8ccc9ccc(-c%10cccc%11cnccc%10%11)nc9c8)nc7c6)c5)nc4c3n2)cc1. The van der Waals surface area contributed by atoms with Gasteiger partial charge in [0, 0.05) is 61.6 Å². The van der Waals surface area contributed by atoms with Crippen LogP contribution < -0.4 is 0 Å². The number of nitrogens with zero attached hydrogens (tertiary/aromatic N) is 5. The van der Waals surface area contributed by atoms with Crippen LogP contribution in [0.4, 0.5) is 0 Å². The molecule has 0 saturated heterocycles. The molecule has 0 amide bonds. The number of rotatable bonds is 5. The molecule has 0 radical (unpaired) electrons. The molecule has 56 heavy (non-hydrogen) atoms. The number of aromatic nitrogens is 5. The van der Waals surface area contributed by atoms with E-state index < -0.39 is 0 Å². The Morgan fingerprint density at radius 2 is 0.821 bits per heavy atom. The lowest BCUT2D eigenvalue weighted by Gasteiger charge is -2.10. The Hall–Kier alpha value is -7.63. The van der Waals surface area contributed by atoms with Crippen LogP contribution in [0.25, 0.3) is 111 Å². The number of pyridine rings is 5. The van der Waals surface area contributed by atoms with Crippen molar-refractivity contribution in [3.05, 3.63) is 188 Å². The van der Waals surface area contributed by atoms with E-state index in [0.29, 0.717) is 0 Å². The first-order chi connectivity index (χ1) is 27.7. The molecule has 0 unspecified atom stereocenters. The number of hydrogen-bond donors (Lipinski definition) is 0. The molecule has 0 fully saturated rings. The second-order valence-electron chi connectivity index (χ2n) is 14.2. The molecule has 0 aliphatic carbocycles. The van der Waals surface area contributed by atoms with Gasteiger partial charge in [-0.05, 0) is 65.0 Å². The number of fused-ring (bicyclic) bond motifs is 6. The highest BCUT2D eigenvalue weighted by molar-refractivity contribution is 6.04. The summed E-state index contributed by atoms with van der Waals surface area (Å²) in [5, 5.41) is 6.55. The minimum absolute atomic E-state index is 0.900. The molecule has 5 aromatic heterocycles. The van der Waals surface area contributed by atoms with Crippen LogP contribution >= 0.6 is 0 Å². The van der Waals surface area contributed by atoms with Gasteiger partial charge in [-0.15, -0.1) is 0 Å². The van der Waals surface area contributed by atoms with Gasteiger partial charge in [0.1, 0.15) is 0 Å². The predicted molar refractivity (Wildman–Crippen MR) is 230 cm³/mol. The Kier molecular flexibility index (Phi) is 7.42. The Morgan fingerprint density at radius 1 is 0.304 bits per heavy atom. The highest BCUT2D eigenvalue weighted by Crippen LogP contribution is 2.33. The zero-order valence-electron chi connectivity index (χ0n) is 30.1. The molecule has 0 atom stereocenters. The van der Waals surface area contributed by atoms with Crippen LogP contribution in [0.1, 0.15) is 0 Å². The van der Waals surface area contributed by atoms with Crippen molar-refractivity contribution in [2.75, 3.05) is 0 Å². The fraction of sp³-hybridized carbons (Fsp3) is 0. The van der Waals surface area contributed by atoms with Crippen molar-refractivity contribution in [2.24, 2.45) is 0 Å². The van der Waals surface area contributed by atoms with Crippen molar-refractivity contribution in [2.45, 2.75) is 0 Å². The van der Waals surface area contributed by atoms with E-state index in [2.05, 4.69) is 163 Å². The molecule has 11 rings (SSSR count). The minimum atomic E-state index is 0.900. The zero-order chi connectivity index (χ0) is 37.0. The number of benzene rings is 6. The summed E-state index contributed by atoms with van der Waals surface area (Å²) >= 11 is 0. The van der Waals surface area contributed by atoms with E-state index in [0.717, 1.165) is 111 Å². The first-order valence-electron chi connectivity index (χ1n) is 18.7. The van der Waals surface area contributed by atoms with Gasteiger partial charge >= 0.3 is 0 Å². The summed E-state index contributed by atoms with van der Waals surface area (Å²) in [4.78, 5) is 24.9. The summed E-state index contributed by atoms with van der Waals surface area (Å²) < 4.78 is 0. The average molecular weight is 714 g/mol. The van der Waals surface area contributed by atoms with E-state index in [1.807, 2.05) is 30.6 Å². The monoisotopic (exact) mass is 713 g/mol. The summed E-state index contributed by atoms with van der Waals surface area (Å²) in [6.45, 7) is 0. The average Bonchev–Trinajstić information content (AvgIpc) is 3.28. The molecular formula is C51H31N5. The van der Waals surface area contributed by atoms with Crippen molar-refractivity contribution < 1.29 is 0 Å². The third kappa shape index (κ3) is 5.62. The molecule has 5 heterocycles. The molecular weight excluding hydrogens is 683 g/mol. The lowest BCUT2D eigenvalue weighted by atomic mass is 9.99. The van der Waals surface area contributed by atoms with Crippen LogP contribution in [0.5, 0.6) is 0 Å². The van der Waals surface area contributed by atoms with Crippen LogP contribution in [0, 0.1) is 0 Å². The van der Waals surface area contributed by atoms with E-state index in [1.165, 1.54) is 0 Å². The standard InChI is InChI=1S/C51H31N5/c1-2-6-32(7-3-1)44-23-20-35-14-15-36-21-24-46(56-51(36)50(35)55-44)39-9-4-8-37(28-39)38-16-12-33-18-22-45(53-48(33)29-38)40-17-13-34-19-25-47(54-49(34)30-40)43-11-5-10-41-31-52-27-26-42(41)43/h1-31H. The molecule has 5 nitrogen and oxygen atoms in total. The molecule has 11 aromatic rings. The Balaban J connectivity index is 0.940. The Labute approximate surface area is 322 Å². The molecule has 0 N–H and O–H groups in total. The predicted octanol–water partition coefficient (Wildman–Crippen LogP) is 12.8. The first kappa shape index (κ1) is 31.9. The van der Waals surface area contributed by atoms with Crippen molar-refractivity contribution >= 4 is 54.4 Å². The molecule has 0 aliphatic heterocycles. The third-order valence-corrected chi connectivity index (χ3v) is 10.7. The van der Waals surface area contributed by atoms with Crippen LogP contribution in [-0.4, -0.2) is 24.9 Å². The quantitative estimate of drug-likeness (QED) is 0.166. The lowest BCUT2D eigenvalue weighted by molar-refractivity contribution is 1.36. The molecule has 0 spiro atoms. The van der Waals surface area contributed by atoms with E-state index in [9.17, 15) is 0 Å². The van der Waals surface area contributed by atoms with Crippen molar-refractivity contribution in [3.63, 3.8) is 0 Å². The maximum absolute atomic E-state index is 5.21. The van der Waals surface area contributed by atoms with Gasteiger partial charge in [0.05, 0.1) is 44.8 Å². The third-order valence-electron chi connectivity index (χ3n) is 10.7. The maximum Gasteiger partial charge on any atom is 0.0972 e. The topological polar surface area (TPSA) is 64.5 Å². The van der Waals surface area contributed by atoms with Crippen LogP contribution in [0.3, 0.4) is 0 Å². The van der Waals surface area contributed by atoms with Gasteiger partial charge in [-0.25, -0.2) is 19.9 Å². The van der Waals surface area contributed by atoms with Gasteiger partial charge in [0.25, 0.3) is 0 Å². The second kappa shape index (κ2) is 13.0. The van der Waals surface area contributed by atoms with Gasteiger partial charge in [0.15, 0.2) is 0 Å². The van der Waals surface area contributed by atoms with Crippen LogP contribution in [0.15, 0.2) is 188 Å². The maximum atomic E-state index is 5.21. The van der Waals surface area contributed by atoms with Crippen LogP contribution in [-0.2, 0) is 0 Å². The Morgan fingerprint density at radius 3 is 1.59 bits per heavy atom. The summed E-state index contributed by atoms with van der Waals surface area (Å²) in [6, 6.07) is 61.3. The summed E-state index contributed by atoms with van der Waals surface area (Å²) in [6.07, 6.45) is 3.73. The fourth-order valence-corrected chi connectivity index (χ4v) is 7.79. The molecule has 6 aromatic carbocycles. The lowest BCUT2D eigenvalue weighted by Crippen LogP contribution is -1.91. The minimum Gasteiger partial charge on any atom is -0.264 e. The smallest absolute Gasteiger partial charge is 0.0972 e. The van der Waals surface area contributed by atoms with Crippen molar-refractivity contribution in [1.29, 1.82) is 0 Å². The molecule has 0 saturated carbocycles. The van der Waals surface area contributed by atoms with Gasteiger partial charge in [-0.2, -0.15) is 0 Å². The van der Waals surface area contributed by atoms with E-state index in [1.54, 1.807) is 0 Å². The first-order valence-corrected chi connectivity index (χ1v) is 18.7.